The Morgan fingerprint density at radius 2 is 2.11 bits per heavy atom. The van der Waals surface area contributed by atoms with Crippen molar-refractivity contribution >= 4 is 11.8 Å². The first-order valence-electron chi connectivity index (χ1n) is 5.74. The van der Waals surface area contributed by atoms with Crippen molar-refractivity contribution in [1.82, 2.24) is 15.1 Å². The largest absolute Gasteiger partial charge is 0.334 e. The summed E-state index contributed by atoms with van der Waals surface area (Å²) in [5.41, 5.74) is 2.27. The number of carbonyl (C=O) groups is 1. The highest BCUT2D eigenvalue weighted by Crippen LogP contribution is 2.06. The number of nitrogens with one attached hydrogen (secondary N) is 2. The van der Waals surface area contributed by atoms with Crippen LogP contribution < -0.4 is 10.6 Å². The van der Waals surface area contributed by atoms with Crippen molar-refractivity contribution in [3.05, 3.63) is 47.7 Å². The summed E-state index contributed by atoms with van der Waals surface area (Å²) < 4.78 is 1.64. The second-order valence-electron chi connectivity index (χ2n) is 4.11. The number of urea groups is 1. The second-order valence-corrected chi connectivity index (χ2v) is 4.11. The molecule has 18 heavy (non-hydrogen) atoms. The molecule has 0 bridgehead atoms. The molecule has 2 N–H and O–H groups in total. The molecule has 1 aromatic carbocycles. The van der Waals surface area contributed by atoms with Crippen LogP contribution in [0.5, 0.6) is 0 Å². The van der Waals surface area contributed by atoms with Crippen LogP contribution in [0, 0.1) is 6.92 Å². The first kappa shape index (κ1) is 12.2. The maximum atomic E-state index is 11.6. The number of benzene rings is 1. The van der Waals surface area contributed by atoms with Gasteiger partial charge < -0.3 is 5.32 Å². The molecule has 2 rings (SSSR count). The SMILES string of the molecule is Cc1ccccc1CNC(=O)Nc1ccn(C)n1. The number of hydrogen-bond donors (Lipinski definition) is 2. The normalized spacial score (nSPS) is 10.1. The van der Waals surface area contributed by atoms with E-state index in [0.717, 1.165) is 11.1 Å². The van der Waals surface area contributed by atoms with Crippen molar-refractivity contribution in [2.75, 3.05) is 5.32 Å². The van der Waals surface area contributed by atoms with Crippen molar-refractivity contribution in [1.29, 1.82) is 0 Å². The maximum absolute atomic E-state index is 11.6. The molecular weight excluding hydrogens is 228 g/mol. The highest BCUT2D eigenvalue weighted by Gasteiger charge is 2.04. The standard InChI is InChI=1S/C13H16N4O/c1-10-5-3-4-6-11(10)9-14-13(18)15-12-7-8-17(2)16-12/h3-8H,9H2,1-2H3,(H2,14,15,16,18). The van der Waals surface area contributed by atoms with E-state index in [9.17, 15) is 4.79 Å². The number of nitrogens with zero attached hydrogens (tertiary/aromatic N) is 2. The van der Waals surface area contributed by atoms with Crippen LogP contribution in [0.15, 0.2) is 36.5 Å². The lowest BCUT2D eigenvalue weighted by molar-refractivity contribution is 0.251. The molecule has 2 aromatic rings. The minimum absolute atomic E-state index is 0.253. The zero-order valence-electron chi connectivity index (χ0n) is 10.5. The summed E-state index contributed by atoms with van der Waals surface area (Å²) in [7, 11) is 1.80. The molecule has 0 spiro atoms. The third-order valence-corrected chi connectivity index (χ3v) is 2.66. The summed E-state index contributed by atoms with van der Waals surface area (Å²) in [5.74, 6) is 0.541. The molecule has 5 heteroatoms. The van der Waals surface area contributed by atoms with Crippen LogP contribution in [0.3, 0.4) is 0 Å². The Bertz CT molecular complexity index is 547. The first-order chi connectivity index (χ1) is 8.65. The van der Waals surface area contributed by atoms with Gasteiger partial charge in [-0.2, -0.15) is 5.10 Å². The minimum atomic E-state index is -0.253. The summed E-state index contributed by atoms with van der Waals surface area (Å²) in [6.07, 6.45) is 1.77. The van der Waals surface area contributed by atoms with Gasteiger partial charge >= 0.3 is 6.03 Å². The van der Waals surface area contributed by atoms with Gasteiger partial charge in [0.15, 0.2) is 5.82 Å². The predicted octanol–water partition coefficient (Wildman–Crippen LogP) is 2.05. The van der Waals surface area contributed by atoms with E-state index in [1.807, 2.05) is 31.2 Å². The lowest BCUT2D eigenvalue weighted by atomic mass is 10.1. The molecule has 0 saturated heterocycles. The Morgan fingerprint density at radius 3 is 2.78 bits per heavy atom. The van der Waals surface area contributed by atoms with Crippen molar-refractivity contribution in [2.45, 2.75) is 13.5 Å². The molecule has 0 saturated carbocycles. The quantitative estimate of drug-likeness (QED) is 0.868. The first-order valence-corrected chi connectivity index (χ1v) is 5.74. The Balaban J connectivity index is 1.87. The Labute approximate surface area is 106 Å². The van der Waals surface area contributed by atoms with E-state index in [-0.39, 0.29) is 6.03 Å². The topological polar surface area (TPSA) is 59.0 Å². The van der Waals surface area contributed by atoms with Gasteiger partial charge in [-0.3, -0.25) is 10.00 Å². The van der Waals surface area contributed by atoms with Crippen molar-refractivity contribution in [3.63, 3.8) is 0 Å². The molecule has 0 aliphatic rings. The van der Waals surface area contributed by atoms with E-state index in [4.69, 9.17) is 0 Å². The van der Waals surface area contributed by atoms with E-state index < -0.39 is 0 Å². The van der Waals surface area contributed by atoms with Crippen LogP contribution in [-0.2, 0) is 13.6 Å². The van der Waals surface area contributed by atoms with Crippen molar-refractivity contribution < 1.29 is 4.79 Å². The number of anilines is 1. The fourth-order valence-electron chi connectivity index (χ4n) is 1.63. The number of carbonyl (C=O) groups excluding carboxylic acids is 1. The van der Waals surface area contributed by atoms with Gasteiger partial charge in [0.05, 0.1) is 0 Å². The Hall–Kier alpha value is -2.30. The third-order valence-electron chi connectivity index (χ3n) is 2.66. The zero-order chi connectivity index (χ0) is 13.0. The molecule has 0 atom stereocenters. The lowest BCUT2D eigenvalue weighted by Crippen LogP contribution is -2.28. The van der Waals surface area contributed by atoms with E-state index in [1.165, 1.54) is 0 Å². The van der Waals surface area contributed by atoms with E-state index >= 15 is 0 Å². The Morgan fingerprint density at radius 1 is 1.33 bits per heavy atom. The Kier molecular flexibility index (Phi) is 3.62. The number of amides is 2. The molecule has 2 amide bonds. The number of aromatic nitrogens is 2. The number of rotatable bonds is 3. The van der Waals surface area contributed by atoms with E-state index in [2.05, 4.69) is 15.7 Å². The zero-order valence-corrected chi connectivity index (χ0v) is 10.5. The van der Waals surface area contributed by atoms with Crippen LogP contribution in [-0.4, -0.2) is 15.8 Å². The molecule has 0 radical (unpaired) electrons. The van der Waals surface area contributed by atoms with Gasteiger partial charge in [-0.1, -0.05) is 24.3 Å². The van der Waals surface area contributed by atoms with Crippen LogP contribution in [0.1, 0.15) is 11.1 Å². The van der Waals surface area contributed by atoms with Crippen LogP contribution in [0.4, 0.5) is 10.6 Å². The van der Waals surface area contributed by atoms with E-state index in [1.54, 1.807) is 24.0 Å². The number of hydrogen-bond acceptors (Lipinski definition) is 2. The fraction of sp³-hybridized carbons (Fsp3) is 0.231. The monoisotopic (exact) mass is 244 g/mol. The van der Waals surface area contributed by atoms with Crippen LogP contribution in [0.2, 0.25) is 0 Å². The predicted molar refractivity (Wildman–Crippen MR) is 70.2 cm³/mol. The summed E-state index contributed by atoms with van der Waals surface area (Å²) >= 11 is 0. The van der Waals surface area contributed by atoms with Crippen molar-refractivity contribution in [2.24, 2.45) is 7.05 Å². The number of aryl methyl sites for hydroxylation is 2. The van der Waals surface area contributed by atoms with E-state index in [0.29, 0.717) is 12.4 Å². The summed E-state index contributed by atoms with van der Waals surface area (Å²) in [6.45, 7) is 2.53. The molecule has 1 heterocycles. The lowest BCUT2D eigenvalue weighted by Gasteiger charge is -2.07. The average Bonchev–Trinajstić information content (AvgIpc) is 2.74. The molecule has 0 fully saturated rings. The summed E-state index contributed by atoms with van der Waals surface area (Å²) in [6, 6.07) is 9.45. The van der Waals surface area contributed by atoms with Gasteiger partial charge in [0, 0.05) is 25.9 Å². The highest BCUT2D eigenvalue weighted by molar-refractivity contribution is 5.88. The summed E-state index contributed by atoms with van der Waals surface area (Å²) in [5, 5.41) is 9.54. The third kappa shape index (κ3) is 3.10. The molecule has 94 valence electrons. The molecule has 0 aliphatic carbocycles. The highest BCUT2D eigenvalue weighted by atomic mass is 16.2. The minimum Gasteiger partial charge on any atom is -0.334 e. The molecule has 0 aliphatic heterocycles. The second kappa shape index (κ2) is 5.35. The fourth-order valence-corrected chi connectivity index (χ4v) is 1.63. The molecule has 5 nitrogen and oxygen atoms in total. The molecule has 0 unspecified atom stereocenters. The molecular formula is C13H16N4O. The van der Waals surface area contributed by atoms with Crippen LogP contribution in [0.25, 0.3) is 0 Å². The smallest absolute Gasteiger partial charge is 0.320 e. The van der Waals surface area contributed by atoms with Gasteiger partial charge in [-0.15, -0.1) is 0 Å². The van der Waals surface area contributed by atoms with Crippen molar-refractivity contribution in [3.8, 4) is 0 Å². The van der Waals surface area contributed by atoms with Gasteiger partial charge in [-0.25, -0.2) is 4.79 Å². The maximum Gasteiger partial charge on any atom is 0.320 e. The average molecular weight is 244 g/mol. The van der Waals surface area contributed by atoms with Gasteiger partial charge in [-0.05, 0) is 18.1 Å². The molecule has 1 aromatic heterocycles. The van der Waals surface area contributed by atoms with Gasteiger partial charge in [0.25, 0.3) is 0 Å². The van der Waals surface area contributed by atoms with Crippen LogP contribution >= 0.6 is 0 Å². The summed E-state index contributed by atoms with van der Waals surface area (Å²) in [4.78, 5) is 11.6. The van der Waals surface area contributed by atoms with Gasteiger partial charge in [0.2, 0.25) is 0 Å². The van der Waals surface area contributed by atoms with Gasteiger partial charge in [0.1, 0.15) is 0 Å².